The number of methoxy groups -OCH3 is 1. The van der Waals surface area contributed by atoms with Gasteiger partial charge in [-0.1, -0.05) is 6.92 Å². The maximum atomic E-state index is 11.2. The fraction of sp³-hybridized carbons (Fsp3) is 0.333. The van der Waals surface area contributed by atoms with Crippen LogP contribution in [0.1, 0.15) is 23.0 Å². The predicted octanol–water partition coefficient (Wildman–Crippen LogP) is 2.19. The van der Waals surface area contributed by atoms with Crippen LogP contribution in [0.2, 0.25) is 0 Å². The molecule has 0 aliphatic heterocycles. The lowest BCUT2D eigenvalue weighted by molar-refractivity contribution is 0.0599. The van der Waals surface area contributed by atoms with E-state index in [1.165, 1.54) is 7.11 Å². The Morgan fingerprint density at radius 3 is 2.85 bits per heavy atom. The van der Waals surface area contributed by atoms with Crippen molar-refractivity contribution in [2.24, 2.45) is 0 Å². The Morgan fingerprint density at radius 2 is 2.31 bits per heavy atom. The molecule has 0 aliphatic rings. The molecule has 0 fully saturated rings. The van der Waals surface area contributed by atoms with Crippen LogP contribution in [0.25, 0.3) is 0 Å². The Balaban J connectivity index is 3.13. The Hall–Kier alpha value is -0.900. The maximum absolute atomic E-state index is 11.2. The lowest BCUT2D eigenvalue weighted by Crippen LogP contribution is -2.06. The van der Waals surface area contributed by atoms with Crippen LogP contribution in [-0.4, -0.2) is 18.1 Å². The lowest BCUT2D eigenvalue weighted by atomic mass is 10.1. The number of aromatic nitrogens is 1. The van der Waals surface area contributed by atoms with E-state index < -0.39 is 0 Å². The normalized spacial score (nSPS) is 9.77. The maximum Gasteiger partial charge on any atom is 0.339 e. The van der Waals surface area contributed by atoms with Crippen LogP contribution in [0.15, 0.2) is 16.7 Å². The number of hydrogen-bond acceptors (Lipinski definition) is 3. The molecule has 0 aromatic carbocycles. The highest BCUT2D eigenvalue weighted by Crippen LogP contribution is 2.13. The number of aryl methyl sites for hydroxylation is 1. The van der Waals surface area contributed by atoms with Gasteiger partial charge in [-0.3, -0.25) is 0 Å². The van der Waals surface area contributed by atoms with Crippen LogP contribution in [0.3, 0.4) is 0 Å². The molecule has 4 heteroatoms. The summed E-state index contributed by atoms with van der Waals surface area (Å²) in [5, 5.41) is 0. The Morgan fingerprint density at radius 1 is 1.62 bits per heavy atom. The SMILES string of the molecule is CCc1nc(Br)ccc1C(=O)OC. The number of carbonyl (C=O) groups excluding carboxylic acids is 1. The Kier molecular flexibility index (Phi) is 3.42. The molecule has 0 bridgehead atoms. The highest BCUT2D eigenvalue weighted by atomic mass is 79.9. The first-order chi connectivity index (χ1) is 6.19. The summed E-state index contributed by atoms with van der Waals surface area (Å²) in [5.74, 6) is -0.336. The van der Waals surface area contributed by atoms with E-state index in [9.17, 15) is 4.79 Å². The number of hydrogen-bond donors (Lipinski definition) is 0. The van der Waals surface area contributed by atoms with Crippen LogP contribution >= 0.6 is 15.9 Å². The van der Waals surface area contributed by atoms with Gasteiger partial charge < -0.3 is 4.74 Å². The number of rotatable bonds is 2. The average molecular weight is 244 g/mol. The summed E-state index contributed by atoms with van der Waals surface area (Å²) < 4.78 is 5.36. The third-order valence-corrected chi connectivity index (χ3v) is 2.12. The summed E-state index contributed by atoms with van der Waals surface area (Å²) in [5.41, 5.74) is 1.29. The van der Waals surface area contributed by atoms with Crippen molar-refractivity contribution in [1.82, 2.24) is 4.98 Å². The predicted molar refractivity (Wildman–Crippen MR) is 52.7 cm³/mol. The van der Waals surface area contributed by atoms with Crippen molar-refractivity contribution < 1.29 is 9.53 Å². The van der Waals surface area contributed by atoms with Crippen molar-refractivity contribution in [1.29, 1.82) is 0 Å². The molecule has 70 valence electrons. The van der Waals surface area contributed by atoms with Gasteiger partial charge in [0.1, 0.15) is 4.60 Å². The zero-order valence-corrected chi connectivity index (χ0v) is 9.09. The molecule has 1 rings (SSSR count). The fourth-order valence-corrected chi connectivity index (χ4v) is 1.39. The number of esters is 1. The summed E-state index contributed by atoms with van der Waals surface area (Å²) in [6, 6.07) is 3.44. The first-order valence-corrected chi connectivity index (χ1v) is 4.72. The van der Waals surface area contributed by atoms with Crippen LogP contribution in [0.4, 0.5) is 0 Å². The number of carbonyl (C=O) groups is 1. The molecular formula is C9H10BrNO2. The van der Waals surface area contributed by atoms with Crippen molar-refractivity contribution in [2.75, 3.05) is 7.11 Å². The minimum Gasteiger partial charge on any atom is -0.465 e. The number of pyridine rings is 1. The minimum absolute atomic E-state index is 0.336. The summed E-state index contributed by atoms with van der Waals surface area (Å²) in [7, 11) is 1.36. The molecule has 0 saturated heterocycles. The molecule has 1 aromatic heterocycles. The van der Waals surface area contributed by atoms with E-state index in [1.807, 2.05) is 6.92 Å². The van der Waals surface area contributed by atoms with Crippen LogP contribution in [0, 0.1) is 0 Å². The van der Waals surface area contributed by atoms with Gasteiger partial charge in [0.05, 0.1) is 18.4 Å². The molecule has 13 heavy (non-hydrogen) atoms. The molecule has 0 saturated carbocycles. The molecule has 0 N–H and O–H groups in total. The molecule has 0 aliphatic carbocycles. The van der Waals surface area contributed by atoms with Crippen molar-refractivity contribution in [3.05, 3.63) is 28.0 Å². The summed E-state index contributed by atoms with van der Waals surface area (Å²) >= 11 is 3.24. The summed E-state index contributed by atoms with van der Waals surface area (Å²) in [4.78, 5) is 15.4. The van der Waals surface area contributed by atoms with Crippen LogP contribution < -0.4 is 0 Å². The van der Waals surface area contributed by atoms with Crippen molar-refractivity contribution in [2.45, 2.75) is 13.3 Å². The zero-order valence-electron chi connectivity index (χ0n) is 7.50. The van der Waals surface area contributed by atoms with E-state index in [4.69, 9.17) is 0 Å². The van der Waals surface area contributed by atoms with E-state index in [-0.39, 0.29) is 5.97 Å². The van der Waals surface area contributed by atoms with Gasteiger partial charge in [-0.2, -0.15) is 0 Å². The van der Waals surface area contributed by atoms with Crippen molar-refractivity contribution in [3.63, 3.8) is 0 Å². The number of ether oxygens (including phenoxy) is 1. The quantitative estimate of drug-likeness (QED) is 0.591. The van der Waals surface area contributed by atoms with Gasteiger partial charge in [-0.05, 0) is 34.5 Å². The third kappa shape index (κ3) is 2.28. The fourth-order valence-electron chi connectivity index (χ4n) is 1.04. The first kappa shape index (κ1) is 10.2. The van der Waals surface area contributed by atoms with Crippen molar-refractivity contribution >= 4 is 21.9 Å². The molecule has 0 spiro atoms. The van der Waals surface area contributed by atoms with Crippen LogP contribution in [-0.2, 0) is 11.2 Å². The van der Waals surface area contributed by atoms with E-state index in [2.05, 4.69) is 25.7 Å². The second-order valence-corrected chi connectivity index (χ2v) is 3.29. The number of nitrogens with zero attached hydrogens (tertiary/aromatic N) is 1. The van der Waals surface area contributed by atoms with Crippen LogP contribution in [0.5, 0.6) is 0 Å². The van der Waals surface area contributed by atoms with Gasteiger partial charge in [-0.25, -0.2) is 9.78 Å². The lowest BCUT2D eigenvalue weighted by Gasteiger charge is -2.04. The first-order valence-electron chi connectivity index (χ1n) is 3.92. The highest BCUT2D eigenvalue weighted by molar-refractivity contribution is 9.10. The van der Waals surface area contributed by atoms with Gasteiger partial charge in [0, 0.05) is 0 Å². The third-order valence-electron chi connectivity index (χ3n) is 1.68. The molecule has 0 amide bonds. The van der Waals surface area contributed by atoms with E-state index >= 15 is 0 Å². The van der Waals surface area contributed by atoms with E-state index in [0.29, 0.717) is 12.0 Å². The second-order valence-electron chi connectivity index (χ2n) is 2.47. The van der Waals surface area contributed by atoms with Gasteiger partial charge in [0.15, 0.2) is 0 Å². The van der Waals surface area contributed by atoms with Gasteiger partial charge >= 0.3 is 5.97 Å². The topological polar surface area (TPSA) is 39.2 Å². The van der Waals surface area contributed by atoms with Gasteiger partial charge in [0.2, 0.25) is 0 Å². The monoisotopic (exact) mass is 243 g/mol. The standard InChI is InChI=1S/C9H10BrNO2/c1-3-7-6(9(12)13-2)4-5-8(10)11-7/h4-5H,3H2,1-2H3. The average Bonchev–Trinajstić information content (AvgIpc) is 2.16. The Labute approximate surface area is 85.3 Å². The molecule has 0 unspecified atom stereocenters. The second kappa shape index (κ2) is 4.37. The van der Waals surface area contributed by atoms with Gasteiger partial charge in [-0.15, -0.1) is 0 Å². The number of halogens is 1. The molecule has 1 heterocycles. The van der Waals surface area contributed by atoms with E-state index in [1.54, 1.807) is 12.1 Å². The zero-order chi connectivity index (χ0) is 9.84. The Bertz CT molecular complexity index is 325. The molecule has 0 radical (unpaired) electrons. The highest BCUT2D eigenvalue weighted by Gasteiger charge is 2.11. The summed E-state index contributed by atoms with van der Waals surface area (Å²) in [6.07, 6.45) is 0.712. The van der Waals surface area contributed by atoms with Crippen molar-refractivity contribution in [3.8, 4) is 0 Å². The minimum atomic E-state index is -0.336. The van der Waals surface area contributed by atoms with E-state index in [0.717, 1.165) is 10.3 Å². The molecular weight excluding hydrogens is 234 g/mol. The molecule has 1 aromatic rings. The smallest absolute Gasteiger partial charge is 0.339 e. The van der Waals surface area contributed by atoms with Gasteiger partial charge in [0.25, 0.3) is 0 Å². The molecule has 0 atom stereocenters. The largest absolute Gasteiger partial charge is 0.465 e. The summed E-state index contributed by atoms with van der Waals surface area (Å²) in [6.45, 7) is 1.95. The molecule has 3 nitrogen and oxygen atoms in total.